The van der Waals surface area contributed by atoms with Crippen LogP contribution in [0, 0.1) is 13.8 Å². The first-order valence-corrected chi connectivity index (χ1v) is 9.54. The van der Waals surface area contributed by atoms with Crippen LogP contribution in [0.3, 0.4) is 0 Å². The minimum atomic E-state index is -0.0371. The molecule has 1 amide bonds. The molecule has 0 atom stereocenters. The van der Waals surface area contributed by atoms with Crippen molar-refractivity contribution in [2.75, 3.05) is 20.2 Å². The molecule has 0 fully saturated rings. The van der Waals surface area contributed by atoms with Crippen LogP contribution < -0.4 is 4.74 Å². The molecule has 0 saturated carbocycles. The van der Waals surface area contributed by atoms with E-state index in [1.54, 1.807) is 24.1 Å². The second kappa shape index (κ2) is 8.93. The van der Waals surface area contributed by atoms with Crippen LogP contribution in [0.4, 0.5) is 0 Å². The van der Waals surface area contributed by atoms with Crippen molar-refractivity contribution >= 4 is 17.5 Å². The Bertz CT molecular complexity index is 968. The lowest BCUT2D eigenvalue weighted by Crippen LogP contribution is -2.31. The van der Waals surface area contributed by atoms with Crippen LogP contribution in [0.2, 0.25) is 5.02 Å². The molecule has 0 unspecified atom stereocenters. The number of rotatable bonds is 7. The van der Waals surface area contributed by atoms with Crippen LogP contribution in [0.15, 0.2) is 54.6 Å². The van der Waals surface area contributed by atoms with Gasteiger partial charge in [-0.25, -0.2) is 0 Å². The average Bonchev–Trinajstić information content (AvgIpc) is 2.98. The lowest BCUT2D eigenvalue weighted by atomic mass is 10.1. The van der Waals surface area contributed by atoms with Gasteiger partial charge in [0.1, 0.15) is 12.4 Å². The van der Waals surface area contributed by atoms with E-state index in [0.717, 1.165) is 17.0 Å². The van der Waals surface area contributed by atoms with Crippen LogP contribution in [0.1, 0.15) is 27.3 Å². The van der Waals surface area contributed by atoms with Gasteiger partial charge in [0.2, 0.25) is 0 Å². The van der Waals surface area contributed by atoms with Gasteiger partial charge in [-0.1, -0.05) is 29.8 Å². The fraction of sp³-hybridized carbons (Fsp3) is 0.273. The maximum Gasteiger partial charge on any atom is 0.253 e. The number of benzene rings is 2. The number of likely N-dealkylation sites (N-methyl/N-ethyl adjacent to an activating group) is 1. The lowest BCUT2D eigenvalue weighted by Gasteiger charge is -2.18. The van der Waals surface area contributed by atoms with Crippen molar-refractivity contribution in [2.45, 2.75) is 20.4 Å². The van der Waals surface area contributed by atoms with Crippen molar-refractivity contribution in [1.82, 2.24) is 14.7 Å². The molecule has 5 nitrogen and oxygen atoms in total. The fourth-order valence-electron chi connectivity index (χ4n) is 2.99. The van der Waals surface area contributed by atoms with E-state index in [4.69, 9.17) is 16.3 Å². The predicted molar refractivity (Wildman–Crippen MR) is 111 cm³/mol. The molecule has 0 radical (unpaired) electrons. The average molecular weight is 398 g/mol. The van der Waals surface area contributed by atoms with E-state index in [1.807, 2.05) is 61.0 Å². The third-order valence-electron chi connectivity index (χ3n) is 4.45. The van der Waals surface area contributed by atoms with E-state index in [2.05, 4.69) is 5.10 Å². The summed E-state index contributed by atoms with van der Waals surface area (Å²) >= 11 is 5.95. The first-order valence-electron chi connectivity index (χ1n) is 9.16. The Balaban J connectivity index is 1.59. The van der Waals surface area contributed by atoms with E-state index in [0.29, 0.717) is 36.0 Å². The number of carbonyl (C=O) groups is 1. The van der Waals surface area contributed by atoms with Crippen molar-refractivity contribution < 1.29 is 9.53 Å². The predicted octanol–water partition coefficient (Wildman–Crippen LogP) is 4.35. The molecule has 28 heavy (non-hydrogen) atoms. The van der Waals surface area contributed by atoms with Gasteiger partial charge in [-0.15, -0.1) is 0 Å². The first-order chi connectivity index (χ1) is 13.4. The molecule has 146 valence electrons. The zero-order valence-corrected chi connectivity index (χ0v) is 17.1. The Morgan fingerprint density at radius 3 is 2.64 bits per heavy atom. The molecule has 0 bridgehead atoms. The quantitative estimate of drug-likeness (QED) is 0.595. The summed E-state index contributed by atoms with van der Waals surface area (Å²) in [7, 11) is 1.78. The highest BCUT2D eigenvalue weighted by atomic mass is 35.5. The normalized spacial score (nSPS) is 10.7. The van der Waals surface area contributed by atoms with E-state index >= 15 is 0 Å². The summed E-state index contributed by atoms with van der Waals surface area (Å²) in [5.74, 6) is 0.658. The molecule has 3 aromatic rings. The lowest BCUT2D eigenvalue weighted by molar-refractivity contribution is 0.0773. The Labute approximate surface area is 170 Å². The Hall–Kier alpha value is -2.79. The monoisotopic (exact) mass is 397 g/mol. The summed E-state index contributed by atoms with van der Waals surface area (Å²) in [5.41, 5.74) is 3.79. The molecule has 0 aliphatic heterocycles. The summed E-state index contributed by atoms with van der Waals surface area (Å²) in [6, 6.07) is 16.9. The largest absolute Gasteiger partial charge is 0.492 e. The summed E-state index contributed by atoms with van der Waals surface area (Å²) in [4.78, 5) is 14.4. The van der Waals surface area contributed by atoms with Gasteiger partial charge >= 0.3 is 0 Å². The molecule has 0 saturated heterocycles. The number of aryl methyl sites for hydroxylation is 2. The Morgan fingerprint density at radius 1 is 1.14 bits per heavy atom. The van der Waals surface area contributed by atoms with Gasteiger partial charge in [-0.2, -0.15) is 5.10 Å². The summed E-state index contributed by atoms with van der Waals surface area (Å²) in [5, 5.41) is 5.11. The van der Waals surface area contributed by atoms with Gasteiger partial charge in [0, 0.05) is 23.3 Å². The molecular weight excluding hydrogens is 374 g/mol. The van der Waals surface area contributed by atoms with E-state index in [1.165, 1.54) is 0 Å². The summed E-state index contributed by atoms with van der Waals surface area (Å²) in [6.45, 7) is 5.52. The van der Waals surface area contributed by atoms with Crippen LogP contribution in [-0.2, 0) is 6.54 Å². The molecule has 3 rings (SSSR count). The maximum absolute atomic E-state index is 12.7. The fourth-order valence-corrected chi connectivity index (χ4v) is 3.17. The number of hydrogen-bond donors (Lipinski definition) is 0. The number of ether oxygens (including phenoxy) is 1. The van der Waals surface area contributed by atoms with Gasteiger partial charge < -0.3 is 9.64 Å². The van der Waals surface area contributed by atoms with Crippen molar-refractivity contribution in [3.8, 4) is 5.75 Å². The van der Waals surface area contributed by atoms with Gasteiger partial charge in [-0.3, -0.25) is 9.48 Å². The molecule has 0 aliphatic carbocycles. The summed E-state index contributed by atoms with van der Waals surface area (Å²) < 4.78 is 7.62. The smallest absolute Gasteiger partial charge is 0.253 e. The topological polar surface area (TPSA) is 47.4 Å². The first kappa shape index (κ1) is 20.0. The number of aromatic nitrogens is 2. The number of halogens is 1. The third-order valence-corrected chi connectivity index (χ3v) is 4.68. The van der Waals surface area contributed by atoms with Gasteiger partial charge in [0.05, 0.1) is 18.8 Å². The SMILES string of the molecule is Cc1cc(C)n(Cc2cccc(C(=O)N(C)CCOc3cccc(Cl)c3)c2)n1. The highest BCUT2D eigenvalue weighted by Gasteiger charge is 2.13. The third kappa shape index (κ3) is 5.14. The zero-order chi connectivity index (χ0) is 20.1. The number of amides is 1. The van der Waals surface area contributed by atoms with Gasteiger partial charge in [0.25, 0.3) is 5.91 Å². The van der Waals surface area contributed by atoms with Gasteiger partial charge in [-0.05, 0) is 55.8 Å². The molecular formula is C22H24ClN3O2. The van der Waals surface area contributed by atoms with Crippen LogP contribution in [0.5, 0.6) is 5.75 Å². The molecule has 0 N–H and O–H groups in total. The molecule has 1 heterocycles. The van der Waals surface area contributed by atoms with Crippen molar-refractivity contribution in [3.05, 3.63) is 82.1 Å². The van der Waals surface area contributed by atoms with E-state index in [9.17, 15) is 4.79 Å². The molecule has 0 spiro atoms. The molecule has 1 aromatic heterocycles. The molecule has 2 aromatic carbocycles. The van der Waals surface area contributed by atoms with Crippen LogP contribution >= 0.6 is 11.6 Å². The van der Waals surface area contributed by atoms with E-state index in [-0.39, 0.29) is 5.91 Å². The second-order valence-corrected chi connectivity index (χ2v) is 7.25. The van der Waals surface area contributed by atoms with Crippen LogP contribution in [0.25, 0.3) is 0 Å². The van der Waals surface area contributed by atoms with Gasteiger partial charge in [0.15, 0.2) is 0 Å². The highest BCUT2D eigenvalue weighted by Crippen LogP contribution is 2.17. The Morgan fingerprint density at radius 2 is 1.93 bits per heavy atom. The summed E-state index contributed by atoms with van der Waals surface area (Å²) in [6.07, 6.45) is 0. The van der Waals surface area contributed by atoms with E-state index < -0.39 is 0 Å². The minimum Gasteiger partial charge on any atom is -0.492 e. The molecule has 6 heteroatoms. The second-order valence-electron chi connectivity index (χ2n) is 6.82. The van der Waals surface area contributed by atoms with Crippen molar-refractivity contribution in [1.29, 1.82) is 0 Å². The number of carbonyl (C=O) groups excluding carboxylic acids is 1. The van der Waals surface area contributed by atoms with Crippen molar-refractivity contribution in [3.63, 3.8) is 0 Å². The van der Waals surface area contributed by atoms with Crippen molar-refractivity contribution in [2.24, 2.45) is 0 Å². The molecule has 0 aliphatic rings. The minimum absolute atomic E-state index is 0.0371. The number of hydrogen-bond acceptors (Lipinski definition) is 3. The number of nitrogens with zero attached hydrogens (tertiary/aromatic N) is 3. The van der Waals surface area contributed by atoms with Crippen LogP contribution in [-0.4, -0.2) is 40.8 Å². The highest BCUT2D eigenvalue weighted by molar-refractivity contribution is 6.30. The Kier molecular flexibility index (Phi) is 6.37. The maximum atomic E-state index is 12.7. The zero-order valence-electron chi connectivity index (χ0n) is 16.4. The standard InChI is InChI=1S/C22H24ClN3O2/c1-16-12-17(2)26(24-16)15-18-6-4-7-19(13-18)22(27)25(3)10-11-28-21-9-5-8-20(23)14-21/h4-9,12-14H,10-11,15H2,1-3H3.